The summed E-state index contributed by atoms with van der Waals surface area (Å²) in [5.74, 6) is 1.02. The van der Waals surface area contributed by atoms with Crippen molar-refractivity contribution in [1.82, 2.24) is 0 Å². The third-order valence-corrected chi connectivity index (χ3v) is 3.34. The monoisotopic (exact) mass is 221 g/mol. The van der Waals surface area contributed by atoms with Gasteiger partial charge in [-0.2, -0.15) is 0 Å². The molecule has 0 atom stereocenters. The van der Waals surface area contributed by atoms with Crippen LogP contribution >= 0.6 is 11.8 Å². The maximum atomic E-state index is 7.80. The van der Waals surface area contributed by atoms with Crippen LogP contribution in [0.3, 0.4) is 0 Å². The van der Waals surface area contributed by atoms with Crippen molar-refractivity contribution in [3.63, 3.8) is 0 Å². The Balaban J connectivity index is 2.28. The second-order valence-corrected chi connectivity index (χ2v) is 4.80. The Kier molecular flexibility index (Phi) is 2.86. The molecule has 0 amide bonds. The second kappa shape index (κ2) is 4.14. The van der Waals surface area contributed by atoms with Gasteiger partial charge in [0.05, 0.1) is 0 Å². The summed E-state index contributed by atoms with van der Waals surface area (Å²) < 4.78 is 0. The highest BCUT2D eigenvalue weighted by molar-refractivity contribution is 8.14. The summed E-state index contributed by atoms with van der Waals surface area (Å²) in [6.07, 6.45) is 0. The van der Waals surface area contributed by atoms with Gasteiger partial charge in [0, 0.05) is 37.8 Å². The van der Waals surface area contributed by atoms with E-state index in [4.69, 9.17) is 5.41 Å². The van der Waals surface area contributed by atoms with E-state index in [0.717, 1.165) is 18.0 Å². The summed E-state index contributed by atoms with van der Waals surface area (Å²) >= 11 is 1.61. The maximum Gasteiger partial charge on any atom is 0.160 e. The van der Waals surface area contributed by atoms with E-state index in [1.807, 2.05) is 20.2 Å². The summed E-state index contributed by atoms with van der Waals surface area (Å²) in [5.41, 5.74) is 2.30. The fourth-order valence-corrected chi connectivity index (χ4v) is 2.42. The van der Waals surface area contributed by atoms with Gasteiger partial charge in [-0.25, -0.2) is 0 Å². The van der Waals surface area contributed by atoms with Crippen LogP contribution in [0.1, 0.15) is 0 Å². The van der Waals surface area contributed by atoms with Gasteiger partial charge >= 0.3 is 0 Å². The van der Waals surface area contributed by atoms with Crippen LogP contribution in [0.5, 0.6) is 0 Å². The Morgan fingerprint density at radius 2 is 2.20 bits per heavy atom. The molecule has 1 fully saturated rings. The maximum absolute atomic E-state index is 7.80. The van der Waals surface area contributed by atoms with E-state index in [0.29, 0.717) is 5.17 Å². The lowest BCUT2D eigenvalue weighted by Crippen LogP contribution is -2.23. The molecule has 1 aliphatic heterocycles. The molecule has 1 N–H and O–H groups in total. The Bertz CT molecular complexity index is 376. The molecule has 1 aromatic rings. The Morgan fingerprint density at radius 3 is 2.80 bits per heavy atom. The molecule has 1 aromatic carbocycles. The minimum absolute atomic E-state index is 0.658. The fraction of sp³-hybridized carbons (Fsp3) is 0.364. The first-order valence-electron chi connectivity index (χ1n) is 4.95. The number of nitrogens with one attached hydrogen (secondary N) is 1. The van der Waals surface area contributed by atoms with E-state index in [-0.39, 0.29) is 0 Å². The van der Waals surface area contributed by atoms with Gasteiger partial charge in [0.1, 0.15) is 0 Å². The number of rotatable bonds is 2. The van der Waals surface area contributed by atoms with Crippen molar-refractivity contribution in [2.24, 2.45) is 0 Å². The highest BCUT2D eigenvalue weighted by atomic mass is 32.2. The predicted molar refractivity (Wildman–Crippen MR) is 68.3 cm³/mol. The molecule has 1 aliphatic rings. The second-order valence-electron chi connectivity index (χ2n) is 3.72. The first kappa shape index (κ1) is 10.4. The van der Waals surface area contributed by atoms with Crippen LogP contribution in [-0.4, -0.2) is 31.6 Å². The lowest BCUT2D eigenvalue weighted by atomic mass is 10.2. The Morgan fingerprint density at radius 1 is 1.40 bits per heavy atom. The lowest BCUT2D eigenvalue weighted by molar-refractivity contribution is 1.08. The molecule has 4 heteroatoms. The van der Waals surface area contributed by atoms with Crippen molar-refractivity contribution in [2.45, 2.75) is 0 Å². The van der Waals surface area contributed by atoms with Gasteiger partial charge in [0.2, 0.25) is 0 Å². The SMILES string of the molecule is CN(C)c1cccc(N2CCSC2=N)c1. The van der Waals surface area contributed by atoms with Crippen molar-refractivity contribution in [2.75, 3.05) is 36.2 Å². The molecule has 0 spiro atoms. The molecule has 0 saturated carbocycles. The molecule has 1 heterocycles. The molecule has 80 valence electrons. The molecule has 0 aliphatic carbocycles. The third-order valence-electron chi connectivity index (χ3n) is 2.46. The number of thioether (sulfide) groups is 1. The minimum Gasteiger partial charge on any atom is -0.378 e. The summed E-state index contributed by atoms with van der Waals surface area (Å²) in [5, 5.41) is 8.45. The zero-order valence-corrected chi connectivity index (χ0v) is 9.84. The smallest absolute Gasteiger partial charge is 0.160 e. The van der Waals surface area contributed by atoms with E-state index in [1.165, 1.54) is 5.69 Å². The van der Waals surface area contributed by atoms with E-state index >= 15 is 0 Å². The zero-order chi connectivity index (χ0) is 10.8. The lowest BCUT2D eigenvalue weighted by Gasteiger charge is -2.19. The van der Waals surface area contributed by atoms with Gasteiger partial charge < -0.3 is 9.80 Å². The summed E-state index contributed by atoms with van der Waals surface area (Å²) in [7, 11) is 4.06. The van der Waals surface area contributed by atoms with Gasteiger partial charge in [-0.05, 0) is 18.2 Å². The molecular formula is C11H15N3S. The van der Waals surface area contributed by atoms with Gasteiger partial charge in [-0.1, -0.05) is 17.8 Å². The highest BCUT2D eigenvalue weighted by Crippen LogP contribution is 2.27. The van der Waals surface area contributed by atoms with Crippen molar-refractivity contribution >= 4 is 28.3 Å². The number of benzene rings is 1. The van der Waals surface area contributed by atoms with E-state index in [2.05, 4.69) is 28.0 Å². The number of hydrogen-bond donors (Lipinski definition) is 1. The summed E-state index contributed by atoms with van der Waals surface area (Å²) in [6, 6.07) is 8.31. The van der Waals surface area contributed by atoms with Crippen LogP contribution in [0.4, 0.5) is 11.4 Å². The Hall–Kier alpha value is -1.16. The van der Waals surface area contributed by atoms with Crippen molar-refractivity contribution in [1.29, 1.82) is 5.41 Å². The fourth-order valence-electron chi connectivity index (χ4n) is 1.60. The van der Waals surface area contributed by atoms with Crippen molar-refractivity contribution in [3.05, 3.63) is 24.3 Å². The molecule has 0 unspecified atom stereocenters. The van der Waals surface area contributed by atoms with Crippen LogP contribution in [0.25, 0.3) is 0 Å². The molecule has 0 aromatic heterocycles. The molecule has 1 saturated heterocycles. The van der Waals surface area contributed by atoms with E-state index in [1.54, 1.807) is 11.8 Å². The quantitative estimate of drug-likeness (QED) is 0.830. The molecular weight excluding hydrogens is 206 g/mol. The van der Waals surface area contributed by atoms with E-state index < -0.39 is 0 Å². The molecule has 0 bridgehead atoms. The highest BCUT2D eigenvalue weighted by Gasteiger charge is 2.19. The molecule has 3 nitrogen and oxygen atoms in total. The first-order chi connectivity index (χ1) is 7.18. The first-order valence-corrected chi connectivity index (χ1v) is 5.93. The summed E-state index contributed by atoms with van der Waals surface area (Å²) in [4.78, 5) is 4.13. The zero-order valence-electron chi connectivity index (χ0n) is 9.03. The van der Waals surface area contributed by atoms with Gasteiger partial charge in [-0.15, -0.1) is 0 Å². The van der Waals surface area contributed by atoms with Crippen LogP contribution < -0.4 is 9.80 Å². The number of amidine groups is 1. The number of anilines is 2. The largest absolute Gasteiger partial charge is 0.378 e. The normalized spacial score (nSPS) is 15.9. The van der Waals surface area contributed by atoms with Crippen LogP contribution in [-0.2, 0) is 0 Å². The number of hydrogen-bond acceptors (Lipinski definition) is 3. The van der Waals surface area contributed by atoms with Gasteiger partial charge in [0.15, 0.2) is 5.17 Å². The van der Waals surface area contributed by atoms with Crippen molar-refractivity contribution in [3.8, 4) is 0 Å². The van der Waals surface area contributed by atoms with Crippen LogP contribution in [0.15, 0.2) is 24.3 Å². The molecule has 15 heavy (non-hydrogen) atoms. The average Bonchev–Trinajstić information content (AvgIpc) is 2.64. The van der Waals surface area contributed by atoms with Crippen molar-refractivity contribution < 1.29 is 0 Å². The van der Waals surface area contributed by atoms with Crippen LogP contribution in [0, 0.1) is 5.41 Å². The third kappa shape index (κ3) is 2.09. The molecule has 0 radical (unpaired) electrons. The van der Waals surface area contributed by atoms with Crippen LogP contribution in [0.2, 0.25) is 0 Å². The Labute approximate surface area is 94.6 Å². The molecule has 2 rings (SSSR count). The predicted octanol–water partition coefficient (Wildman–Crippen LogP) is 2.24. The topological polar surface area (TPSA) is 30.3 Å². The number of nitrogens with zero attached hydrogens (tertiary/aromatic N) is 2. The minimum atomic E-state index is 0.658. The van der Waals surface area contributed by atoms with E-state index in [9.17, 15) is 0 Å². The standard InChI is InChI=1S/C11H15N3S/c1-13(2)9-4-3-5-10(8-9)14-6-7-15-11(14)12/h3-5,8,12H,6-7H2,1-2H3. The van der Waals surface area contributed by atoms with Gasteiger partial charge in [0.25, 0.3) is 0 Å². The van der Waals surface area contributed by atoms with Gasteiger partial charge in [-0.3, -0.25) is 5.41 Å². The summed E-state index contributed by atoms with van der Waals surface area (Å²) in [6.45, 7) is 0.945. The average molecular weight is 221 g/mol.